The Morgan fingerprint density at radius 3 is 2.48 bits per heavy atom. The number of likely N-dealkylation sites (N-methyl/N-ethyl adjacent to an activating group) is 1. The van der Waals surface area contributed by atoms with Gasteiger partial charge in [-0.2, -0.15) is 0 Å². The number of hydrogen-bond donors (Lipinski definition) is 1. The van der Waals surface area contributed by atoms with Gasteiger partial charge >= 0.3 is 5.97 Å². The molecule has 6 rings (SSSR count). The lowest BCUT2D eigenvalue weighted by molar-refractivity contribution is -0.164. The van der Waals surface area contributed by atoms with Crippen molar-refractivity contribution in [3.63, 3.8) is 0 Å². The van der Waals surface area contributed by atoms with Crippen LogP contribution in [0.5, 0.6) is 0 Å². The first-order chi connectivity index (χ1) is 23.2. The van der Waals surface area contributed by atoms with Gasteiger partial charge in [-0.15, -0.1) is 0 Å². The molecular formula is C36H48N4O8. The lowest BCUT2D eigenvalue weighted by Crippen LogP contribution is -2.59. The van der Waals surface area contributed by atoms with Crippen molar-refractivity contribution in [1.29, 1.82) is 0 Å². The quantitative estimate of drug-likeness (QED) is 0.341. The summed E-state index contributed by atoms with van der Waals surface area (Å²) < 4.78 is 18.4. The monoisotopic (exact) mass is 664 g/mol. The Hall–Kier alpha value is -3.58. The summed E-state index contributed by atoms with van der Waals surface area (Å²) in [5, 5.41) is 10.4. The van der Waals surface area contributed by atoms with Crippen LogP contribution in [0.3, 0.4) is 0 Å². The van der Waals surface area contributed by atoms with Gasteiger partial charge in [-0.1, -0.05) is 61.6 Å². The summed E-state index contributed by atoms with van der Waals surface area (Å²) in [7, 11) is 1.71. The standard InChI is InChI=1S/C36H48N4O8/c1-4-26(23-41)40-32-34(44)39(18-17-38-19-21-46-22-20-38)16-10-6-9-13-28(42)37(3)24(2)31(25-11-7-5-8-12-25)47-35(45)29-27-14-15-36(32,48-27)30(29)33(40)43/h5-8,10-12,14-15,24,26-27,29-32,41H,4,9,13,16-23H2,1-3H3/b10-6-/t24-,26+,27+,29-,30-,31+,32+,36-/m1/s1. The topological polar surface area (TPSA) is 129 Å². The van der Waals surface area contributed by atoms with Crippen molar-refractivity contribution in [2.45, 2.75) is 69.0 Å². The SMILES string of the molecule is CC[C@@H](CO)N1C(=O)[C@H]2[C@@H]3C(=O)O[C@H](c4ccccc4)[C@@H](C)N(C)C(=O)CC/C=C\CN(CCN4CCOCC4)C(=O)[C@H]1[C@@]21C=C[C@@H]3O1. The molecule has 48 heavy (non-hydrogen) atoms. The number of hydrogen-bond acceptors (Lipinski definition) is 9. The molecule has 5 heterocycles. The maximum atomic E-state index is 14.8. The Bertz CT molecular complexity index is 1410. The molecule has 8 atom stereocenters. The Kier molecular flexibility index (Phi) is 10.4. The Labute approximate surface area is 282 Å². The van der Waals surface area contributed by atoms with Crippen molar-refractivity contribution in [2.24, 2.45) is 11.8 Å². The summed E-state index contributed by atoms with van der Waals surface area (Å²) >= 11 is 0. The minimum Gasteiger partial charge on any atom is -0.455 e. The molecule has 1 N–H and O–H groups in total. The van der Waals surface area contributed by atoms with Crippen LogP contribution in [0.15, 0.2) is 54.6 Å². The fourth-order valence-corrected chi connectivity index (χ4v) is 7.94. The normalized spacial score (nSPS) is 34.5. The minimum absolute atomic E-state index is 0.0988. The van der Waals surface area contributed by atoms with E-state index < -0.39 is 59.6 Å². The van der Waals surface area contributed by atoms with E-state index in [1.807, 2.05) is 56.3 Å². The van der Waals surface area contributed by atoms with Crippen LogP contribution in [0, 0.1) is 11.8 Å². The fourth-order valence-electron chi connectivity index (χ4n) is 7.94. The molecular weight excluding hydrogens is 616 g/mol. The molecule has 3 fully saturated rings. The number of ether oxygens (including phenoxy) is 3. The van der Waals surface area contributed by atoms with Gasteiger partial charge in [-0.25, -0.2) is 0 Å². The van der Waals surface area contributed by atoms with Crippen LogP contribution in [0.1, 0.15) is 44.8 Å². The predicted octanol–water partition coefficient (Wildman–Crippen LogP) is 1.55. The van der Waals surface area contributed by atoms with E-state index in [0.717, 1.165) is 18.7 Å². The van der Waals surface area contributed by atoms with Gasteiger partial charge in [0.15, 0.2) is 0 Å². The van der Waals surface area contributed by atoms with Crippen molar-refractivity contribution in [3.05, 3.63) is 60.2 Å². The molecule has 3 saturated heterocycles. The highest BCUT2D eigenvalue weighted by Crippen LogP contribution is 2.56. The summed E-state index contributed by atoms with van der Waals surface area (Å²) in [6, 6.07) is 7.05. The highest BCUT2D eigenvalue weighted by Gasteiger charge is 2.74. The van der Waals surface area contributed by atoms with Gasteiger partial charge < -0.3 is 34.0 Å². The van der Waals surface area contributed by atoms with Crippen LogP contribution < -0.4 is 0 Å². The number of aliphatic hydroxyl groups is 1. The molecule has 0 unspecified atom stereocenters. The second kappa shape index (κ2) is 14.5. The zero-order valence-corrected chi connectivity index (χ0v) is 28.1. The Morgan fingerprint density at radius 2 is 1.77 bits per heavy atom. The van der Waals surface area contributed by atoms with Gasteiger partial charge in [0.25, 0.3) is 0 Å². The molecule has 5 aliphatic rings. The summed E-state index contributed by atoms with van der Waals surface area (Å²) in [6.45, 7) is 7.44. The van der Waals surface area contributed by atoms with Crippen molar-refractivity contribution in [3.8, 4) is 0 Å². The number of amides is 3. The number of nitrogens with zero attached hydrogens (tertiary/aromatic N) is 4. The number of carbonyl (C=O) groups is 4. The van der Waals surface area contributed by atoms with E-state index in [-0.39, 0.29) is 31.4 Å². The third-order valence-electron chi connectivity index (χ3n) is 10.8. The summed E-state index contributed by atoms with van der Waals surface area (Å²) in [5.74, 6) is -3.43. The largest absolute Gasteiger partial charge is 0.455 e. The van der Waals surface area contributed by atoms with Crippen molar-refractivity contribution in [2.75, 3.05) is 59.6 Å². The van der Waals surface area contributed by atoms with Crippen LogP contribution in [-0.4, -0.2) is 138 Å². The van der Waals surface area contributed by atoms with Crippen LogP contribution in [0.25, 0.3) is 0 Å². The molecule has 0 aromatic heterocycles. The second-order valence-corrected chi connectivity index (χ2v) is 13.5. The molecule has 0 radical (unpaired) electrons. The third kappa shape index (κ3) is 6.19. The molecule has 12 nitrogen and oxygen atoms in total. The van der Waals surface area contributed by atoms with Crippen LogP contribution >= 0.6 is 0 Å². The van der Waals surface area contributed by atoms with E-state index in [1.165, 1.54) is 4.90 Å². The van der Waals surface area contributed by atoms with Gasteiger partial charge in [-0.3, -0.25) is 24.1 Å². The average molecular weight is 665 g/mol. The molecule has 5 aliphatic heterocycles. The van der Waals surface area contributed by atoms with E-state index in [0.29, 0.717) is 39.1 Å². The number of allylic oxidation sites excluding steroid dienone is 1. The average Bonchev–Trinajstić information content (AvgIpc) is 3.76. The number of cyclic esters (lactones) is 1. The molecule has 0 saturated carbocycles. The van der Waals surface area contributed by atoms with Gasteiger partial charge in [0.05, 0.1) is 43.9 Å². The molecule has 1 aromatic rings. The van der Waals surface area contributed by atoms with Crippen molar-refractivity contribution >= 4 is 23.7 Å². The number of esters is 1. The first kappa shape index (κ1) is 34.3. The molecule has 1 spiro atoms. The van der Waals surface area contributed by atoms with Crippen LogP contribution in [0.4, 0.5) is 0 Å². The summed E-state index contributed by atoms with van der Waals surface area (Å²) in [6.07, 6.45) is 6.93. The van der Waals surface area contributed by atoms with E-state index in [9.17, 15) is 24.3 Å². The van der Waals surface area contributed by atoms with Crippen LogP contribution in [-0.2, 0) is 33.4 Å². The Balaban J connectivity index is 1.40. The number of fused-ring (bicyclic) bond motifs is 2. The molecule has 5 bridgehead atoms. The number of morpholine rings is 1. The molecule has 1 aromatic carbocycles. The number of aliphatic hydroxyl groups excluding tert-OH is 1. The van der Waals surface area contributed by atoms with Crippen molar-refractivity contribution in [1.82, 2.24) is 19.6 Å². The molecule has 12 heteroatoms. The first-order valence-electron chi connectivity index (χ1n) is 17.3. The predicted molar refractivity (Wildman–Crippen MR) is 175 cm³/mol. The highest BCUT2D eigenvalue weighted by molar-refractivity contribution is 5.99. The van der Waals surface area contributed by atoms with Gasteiger partial charge in [-0.05, 0) is 25.3 Å². The maximum absolute atomic E-state index is 14.8. The van der Waals surface area contributed by atoms with E-state index in [2.05, 4.69) is 4.90 Å². The third-order valence-corrected chi connectivity index (χ3v) is 10.8. The zero-order valence-electron chi connectivity index (χ0n) is 28.1. The lowest BCUT2D eigenvalue weighted by Gasteiger charge is -2.39. The van der Waals surface area contributed by atoms with E-state index in [4.69, 9.17) is 14.2 Å². The fraction of sp³-hybridized carbons (Fsp3) is 0.611. The van der Waals surface area contributed by atoms with Crippen molar-refractivity contribution < 1.29 is 38.5 Å². The second-order valence-electron chi connectivity index (χ2n) is 13.5. The Morgan fingerprint density at radius 1 is 1.02 bits per heavy atom. The van der Waals surface area contributed by atoms with Gasteiger partial charge in [0, 0.05) is 46.2 Å². The number of rotatable bonds is 7. The van der Waals surface area contributed by atoms with Crippen LogP contribution in [0.2, 0.25) is 0 Å². The number of carbonyl (C=O) groups excluding carboxylic acids is 4. The lowest BCUT2D eigenvalue weighted by atomic mass is 9.74. The maximum Gasteiger partial charge on any atom is 0.313 e. The van der Waals surface area contributed by atoms with Gasteiger partial charge in [0.2, 0.25) is 17.7 Å². The smallest absolute Gasteiger partial charge is 0.313 e. The molecule has 260 valence electrons. The summed E-state index contributed by atoms with van der Waals surface area (Å²) in [5.41, 5.74) is -0.666. The zero-order chi connectivity index (χ0) is 34.0. The van der Waals surface area contributed by atoms with E-state index in [1.54, 1.807) is 29.0 Å². The molecule has 3 amide bonds. The highest BCUT2D eigenvalue weighted by atomic mass is 16.6. The van der Waals surface area contributed by atoms with Gasteiger partial charge in [0.1, 0.15) is 23.7 Å². The molecule has 0 aliphatic carbocycles. The number of benzene rings is 1. The minimum atomic E-state index is -1.39. The summed E-state index contributed by atoms with van der Waals surface area (Å²) in [4.78, 5) is 64.1. The number of likely N-dealkylation sites (tertiary alicyclic amines) is 1. The first-order valence-corrected chi connectivity index (χ1v) is 17.3. The van der Waals surface area contributed by atoms with E-state index >= 15 is 0 Å².